The van der Waals surface area contributed by atoms with E-state index in [2.05, 4.69) is 4.74 Å². The number of alkyl halides is 3. The van der Waals surface area contributed by atoms with Crippen LogP contribution >= 0.6 is 0 Å². The first-order valence-electron chi connectivity index (χ1n) is 10.6. The number of benzene rings is 1. The van der Waals surface area contributed by atoms with E-state index in [4.69, 9.17) is 5.26 Å². The van der Waals surface area contributed by atoms with E-state index in [0.29, 0.717) is 0 Å². The Bertz CT molecular complexity index is 723. The minimum atomic E-state index is -4.65. The zero-order valence-electron chi connectivity index (χ0n) is 17.1. The summed E-state index contributed by atoms with van der Waals surface area (Å²) in [5, 5.41) is 8.33. The summed E-state index contributed by atoms with van der Waals surface area (Å²) in [4.78, 5) is 0. The second-order valence-electron chi connectivity index (χ2n) is 7.96. The molecule has 0 unspecified atom stereocenters. The fourth-order valence-electron chi connectivity index (χ4n) is 4.05. The lowest BCUT2D eigenvalue weighted by molar-refractivity contribution is -0.274. The van der Waals surface area contributed by atoms with Crippen LogP contribution in [0.1, 0.15) is 63.4 Å². The molecule has 0 saturated heterocycles. The average molecular weight is 423 g/mol. The van der Waals surface area contributed by atoms with Crippen LogP contribution in [-0.2, 0) is 6.42 Å². The first kappa shape index (κ1) is 24.0. The van der Waals surface area contributed by atoms with Crippen LogP contribution in [-0.4, -0.2) is 6.36 Å². The Morgan fingerprint density at radius 2 is 1.67 bits per heavy atom. The Morgan fingerprint density at radius 3 is 2.27 bits per heavy atom. The van der Waals surface area contributed by atoms with Gasteiger partial charge in [-0.1, -0.05) is 62.8 Å². The molecule has 0 bridgehead atoms. The highest BCUT2D eigenvalue weighted by atomic mass is 19.4. The molecule has 0 aliphatic heterocycles. The first-order chi connectivity index (χ1) is 14.4. The van der Waals surface area contributed by atoms with Crippen LogP contribution in [0.2, 0.25) is 0 Å². The molecule has 2 nitrogen and oxygen atoms in total. The van der Waals surface area contributed by atoms with Gasteiger partial charge in [-0.2, -0.15) is 9.65 Å². The highest BCUT2D eigenvalue weighted by molar-refractivity contribution is 5.27. The molecular formula is C24H29F4NO. The number of rotatable bonds is 10. The van der Waals surface area contributed by atoms with Crippen molar-refractivity contribution in [1.29, 1.82) is 5.26 Å². The predicted octanol–water partition coefficient (Wildman–Crippen LogP) is 7.82. The van der Waals surface area contributed by atoms with Gasteiger partial charge in [-0.15, -0.1) is 13.2 Å². The number of hydrogen-bond donors (Lipinski definition) is 0. The number of nitriles is 1. The van der Waals surface area contributed by atoms with Gasteiger partial charge in [0.05, 0.1) is 0 Å². The molecule has 0 spiro atoms. The maximum absolute atomic E-state index is 12.7. The normalized spacial score (nSPS) is 20.3. The van der Waals surface area contributed by atoms with Crippen LogP contribution in [0, 0.1) is 23.2 Å². The third kappa shape index (κ3) is 9.96. The topological polar surface area (TPSA) is 33.0 Å². The molecule has 1 fully saturated rings. The zero-order chi connectivity index (χ0) is 21.8. The highest BCUT2D eigenvalue weighted by Gasteiger charge is 2.30. The van der Waals surface area contributed by atoms with Crippen molar-refractivity contribution in [1.82, 2.24) is 0 Å². The molecule has 164 valence electrons. The molecule has 1 aliphatic rings. The third-order valence-electron chi connectivity index (χ3n) is 5.68. The van der Waals surface area contributed by atoms with Gasteiger partial charge in [0, 0.05) is 0 Å². The predicted molar refractivity (Wildman–Crippen MR) is 109 cm³/mol. The van der Waals surface area contributed by atoms with Gasteiger partial charge in [-0.25, -0.2) is 0 Å². The van der Waals surface area contributed by atoms with Gasteiger partial charge in [0.2, 0.25) is 0 Å². The van der Waals surface area contributed by atoms with Crippen molar-refractivity contribution in [3.8, 4) is 11.8 Å². The van der Waals surface area contributed by atoms with Gasteiger partial charge in [-0.3, -0.25) is 0 Å². The number of allylic oxidation sites excluding steroid dienone is 4. The lowest BCUT2D eigenvalue weighted by atomic mass is 9.78. The zero-order valence-corrected chi connectivity index (χ0v) is 17.1. The van der Waals surface area contributed by atoms with E-state index < -0.39 is 12.2 Å². The van der Waals surface area contributed by atoms with Crippen LogP contribution in [0.3, 0.4) is 0 Å². The second-order valence-corrected chi connectivity index (χ2v) is 7.96. The van der Waals surface area contributed by atoms with E-state index in [1.807, 2.05) is 6.08 Å². The van der Waals surface area contributed by atoms with Crippen molar-refractivity contribution < 1.29 is 22.3 Å². The number of hydrogen-bond acceptors (Lipinski definition) is 2. The van der Waals surface area contributed by atoms with Crippen molar-refractivity contribution in [2.45, 2.75) is 70.6 Å². The number of unbranched alkanes of at least 4 members (excludes halogenated alkanes) is 1. The smallest absolute Gasteiger partial charge is 0.406 e. The fourth-order valence-corrected chi connectivity index (χ4v) is 4.05. The Hall–Kier alpha value is -2.29. The largest absolute Gasteiger partial charge is 0.573 e. The Labute approximate surface area is 176 Å². The molecule has 0 radical (unpaired) electrons. The lowest BCUT2D eigenvalue weighted by Gasteiger charge is -2.28. The van der Waals surface area contributed by atoms with Gasteiger partial charge in [0.15, 0.2) is 5.83 Å². The van der Waals surface area contributed by atoms with Gasteiger partial charge >= 0.3 is 6.36 Å². The van der Waals surface area contributed by atoms with Crippen molar-refractivity contribution in [3.63, 3.8) is 0 Å². The van der Waals surface area contributed by atoms with Crippen molar-refractivity contribution in [2.24, 2.45) is 11.8 Å². The van der Waals surface area contributed by atoms with Gasteiger partial charge in [-0.05, 0) is 61.3 Å². The fraction of sp³-hybridized carbons (Fsp3) is 0.542. The minimum absolute atomic E-state index is 0.177. The van der Waals surface area contributed by atoms with Gasteiger partial charge < -0.3 is 4.74 Å². The second kappa shape index (κ2) is 12.4. The molecule has 2 rings (SSSR count). The summed E-state index contributed by atoms with van der Waals surface area (Å²) >= 11 is 0. The Kier molecular flexibility index (Phi) is 9.93. The third-order valence-corrected chi connectivity index (χ3v) is 5.68. The Morgan fingerprint density at radius 1 is 1.03 bits per heavy atom. The molecular weight excluding hydrogens is 394 g/mol. The molecule has 0 amide bonds. The summed E-state index contributed by atoms with van der Waals surface area (Å²) in [5.41, 5.74) is 1.03. The first-order valence-corrected chi connectivity index (χ1v) is 10.6. The average Bonchev–Trinajstić information content (AvgIpc) is 2.72. The van der Waals surface area contributed by atoms with Crippen molar-refractivity contribution >= 4 is 0 Å². The summed E-state index contributed by atoms with van der Waals surface area (Å²) in [6, 6.07) is 7.59. The van der Waals surface area contributed by atoms with Crippen LogP contribution in [0.15, 0.2) is 48.3 Å². The van der Waals surface area contributed by atoms with E-state index in [-0.39, 0.29) is 5.75 Å². The Balaban J connectivity index is 1.56. The summed E-state index contributed by atoms with van der Waals surface area (Å²) in [5.74, 6) is 0.559. The van der Waals surface area contributed by atoms with E-state index >= 15 is 0 Å². The monoisotopic (exact) mass is 423 g/mol. The van der Waals surface area contributed by atoms with Gasteiger partial charge in [0.25, 0.3) is 0 Å². The van der Waals surface area contributed by atoms with E-state index in [9.17, 15) is 17.6 Å². The van der Waals surface area contributed by atoms with Gasteiger partial charge in [0.1, 0.15) is 11.8 Å². The molecule has 1 aromatic rings. The van der Waals surface area contributed by atoms with E-state index in [0.717, 1.165) is 49.5 Å². The summed E-state index contributed by atoms with van der Waals surface area (Å²) in [7, 11) is 0. The molecule has 1 aliphatic carbocycles. The highest BCUT2D eigenvalue weighted by Crippen LogP contribution is 2.34. The molecule has 1 saturated carbocycles. The summed E-state index contributed by atoms with van der Waals surface area (Å²) in [6.45, 7) is 0. The SMILES string of the molecule is N#CC(F)=CC=CCCC1CCC(CCCCc2ccc(OC(F)(F)F)cc2)CC1. The number of nitrogens with zero attached hydrogens (tertiary/aromatic N) is 1. The summed E-state index contributed by atoms with van der Waals surface area (Å²) < 4.78 is 53.1. The van der Waals surface area contributed by atoms with Crippen LogP contribution in [0.25, 0.3) is 0 Å². The summed E-state index contributed by atoms with van der Waals surface area (Å²) in [6.07, 6.45) is 11.3. The van der Waals surface area contributed by atoms with Crippen LogP contribution < -0.4 is 4.74 Å². The standard InChI is InChI=1S/C24H29F4NO/c25-22(18-29)9-3-1-2-6-19-10-12-20(13-11-19)7-4-5-8-21-14-16-23(17-15-21)30-24(26,27)28/h1,3,9,14-17,19-20H,2,4-8,10-13H2. The molecule has 0 atom stereocenters. The van der Waals surface area contributed by atoms with E-state index in [1.165, 1.54) is 56.4 Å². The molecule has 0 heterocycles. The van der Waals surface area contributed by atoms with Crippen molar-refractivity contribution in [3.05, 3.63) is 53.9 Å². The maximum atomic E-state index is 12.7. The molecule has 1 aromatic carbocycles. The molecule has 0 aromatic heterocycles. The molecule has 0 N–H and O–H groups in total. The quantitative estimate of drug-likeness (QED) is 0.166. The lowest BCUT2D eigenvalue weighted by Crippen LogP contribution is -2.17. The van der Waals surface area contributed by atoms with Crippen LogP contribution in [0.4, 0.5) is 17.6 Å². The van der Waals surface area contributed by atoms with E-state index in [1.54, 1.807) is 18.2 Å². The number of aryl methyl sites for hydroxylation is 1. The van der Waals surface area contributed by atoms with Crippen molar-refractivity contribution in [2.75, 3.05) is 0 Å². The number of ether oxygens (including phenoxy) is 1. The number of halogens is 4. The molecule has 6 heteroatoms. The van der Waals surface area contributed by atoms with Crippen LogP contribution in [0.5, 0.6) is 5.75 Å². The molecule has 30 heavy (non-hydrogen) atoms. The minimum Gasteiger partial charge on any atom is -0.406 e. The maximum Gasteiger partial charge on any atom is 0.573 e.